The number of halogens is 2. The van der Waals surface area contributed by atoms with Crippen molar-refractivity contribution in [1.29, 1.82) is 0 Å². The number of alkyl halides is 1. The lowest BCUT2D eigenvalue weighted by Crippen LogP contribution is -1.96. The van der Waals surface area contributed by atoms with E-state index in [0.29, 0.717) is 0 Å². The van der Waals surface area contributed by atoms with E-state index in [0.717, 1.165) is 5.02 Å². The number of rotatable bonds is 2. The van der Waals surface area contributed by atoms with Crippen LogP contribution < -0.4 is 0 Å². The molecule has 0 aliphatic carbocycles. The second-order valence-electron chi connectivity index (χ2n) is 4.51. The molecule has 0 N–H and O–H groups in total. The highest BCUT2D eigenvalue weighted by atomic mass is 79.9. The molecule has 0 fully saturated rings. The first-order valence-electron chi connectivity index (χ1n) is 6.03. The number of hydrogen-bond donors (Lipinski definition) is 0. The van der Waals surface area contributed by atoms with Gasteiger partial charge in [-0.05, 0) is 40.3 Å². The van der Waals surface area contributed by atoms with Crippen LogP contribution in [0.25, 0.3) is 10.8 Å². The van der Waals surface area contributed by atoms with Crippen LogP contribution in [0.1, 0.15) is 20.8 Å². The quantitative estimate of drug-likeness (QED) is 0.472. The van der Waals surface area contributed by atoms with E-state index >= 15 is 0 Å². The SMILES string of the molecule is Cc1ccc2ccccc2c1C(Br)c1sccc1Cl. The van der Waals surface area contributed by atoms with Crippen molar-refractivity contribution in [2.24, 2.45) is 0 Å². The molecule has 1 aromatic heterocycles. The maximum atomic E-state index is 6.27. The zero-order valence-corrected chi connectivity index (χ0v) is 13.5. The predicted molar refractivity (Wildman–Crippen MR) is 88.8 cm³/mol. The molecule has 0 spiro atoms. The zero-order chi connectivity index (χ0) is 13.4. The van der Waals surface area contributed by atoms with E-state index in [1.165, 1.54) is 26.8 Å². The largest absolute Gasteiger partial charge is 0.146 e. The average molecular weight is 352 g/mol. The topological polar surface area (TPSA) is 0 Å². The van der Waals surface area contributed by atoms with E-state index in [9.17, 15) is 0 Å². The monoisotopic (exact) mass is 350 g/mol. The number of benzene rings is 2. The van der Waals surface area contributed by atoms with Gasteiger partial charge in [0.1, 0.15) is 0 Å². The Morgan fingerprint density at radius 2 is 1.89 bits per heavy atom. The third-order valence-corrected chi connectivity index (χ3v) is 5.96. The Hall–Kier alpha value is -0.830. The molecule has 96 valence electrons. The standard InChI is InChI=1S/C16H12BrClS/c1-10-6-7-11-4-2-3-5-12(11)14(10)15(17)16-13(18)8-9-19-16/h2-9,15H,1H3. The first-order valence-corrected chi connectivity index (χ1v) is 8.21. The van der Waals surface area contributed by atoms with Crippen LogP contribution in [-0.2, 0) is 0 Å². The summed E-state index contributed by atoms with van der Waals surface area (Å²) >= 11 is 11.8. The molecule has 0 saturated carbocycles. The van der Waals surface area contributed by atoms with Gasteiger partial charge >= 0.3 is 0 Å². The third-order valence-electron chi connectivity index (χ3n) is 3.32. The predicted octanol–water partition coefficient (Wildman–Crippen LogP) is 6.35. The summed E-state index contributed by atoms with van der Waals surface area (Å²) in [6.45, 7) is 2.15. The molecular formula is C16H12BrClS. The van der Waals surface area contributed by atoms with Gasteiger partial charge in [-0.3, -0.25) is 0 Å². The number of thiophene rings is 1. The van der Waals surface area contributed by atoms with Crippen LogP contribution in [0.4, 0.5) is 0 Å². The van der Waals surface area contributed by atoms with Crippen LogP contribution in [-0.4, -0.2) is 0 Å². The highest BCUT2D eigenvalue weighted by Gasteiger charge is 2.19. The fourth-order valence-corrected chi connectivity index (χ4v) is 4.82. The highest BCUT2D eigenvalue weighted by Crippen LogP contribution is 2.42. The molecule has 1 unspecified atom stereocenters. The average Bonchev–Trinajstić information content (AvgIpc) is 2.84. The summed E-state index contributed by atoms with van der Waals surface area (Å²) in [6, 6.07) is 14.8. The normalized spacial score (nSPS) is 12.8. The molecule has 1 atom stereocenters. The molecular weight excluding hydrogens is 340 g/mol. The summed E-state index contributed by atoms with van der Waals surface area (Å²) in [4.78, 5) is 1.31. The van der Waals surface area contributed by atoms with Crippen molar-refractivity contribution in [1.82, 2.24) is 0 Å². The minimum atomic E-state index is 0.145. The van der Waals surface area contributed by atoms with Crippen LogP contribution >= 0.6 is 38.9 Å². The highest BCUT2D eigenvalue weighted by molar-refractivity contribution is 9.09. The van der Waals surface area contributed by atoms with E-state index in [2.05, 4.69) is 59.3 Å². The zero-order valence-electron chi connectivity index (χ0n) is 10.4. The second kappa shape index (κ2) is 5.28. The van der Waals surface area contributed by atoms with E-state index in [4.69, 9.17) is 11.6 Å². The first-order chi connectivity index (χ1) is 9.18. The maximum Gasteiger partial charge on any atom is 0.0761 e. The minimum Gasteiger partial charge on any atom is -0.146 e. The van der Waals surface area contributed by atoms with Crippen molar-refractivity contribution in [3.05, 3.63) is 68.9 Å². The lowest BCUT2D eigenvalue weighted by atomic mass is 9.97. The van der Waals surface area contributed by atoms with Gasteiger partial charge in [-0.2, -0.15) is 0 Å². The molecule has 0 nitrogen and oxygen atoms in total. The van der Waals surface area contributed by atoms with Crippen molar-refractivity contribution in [2.75, 3.05) is 0 Å². The van der Waals surface area contributed by atoms with Gasteiger partial charge in [0.05, 0.1) is 9.85 Å². The smallest absolute Gasteiger partial charge is 0.0761 e. The van der Waals surface area contributed by atoms with Gasteiger partial charge in [-0.1, -0.05) is 63.9 Å². The molecule has 3 aromatic rings. The Morgan fingerprint density at radius 1 is 1.11 bits per heavy atom. The second-order valence-corrected chi connectivity index (χ2v) is 6.78. The molecule has 0 amide bonds. The van der Waals surface area contributed by atoms with Crippen LogP contribution in [0.15, 0.2) is 47.8 Å². The molecule has 0 aliphatic heterocycles. The molecule has 3 rings (SSSR count). The summed E-state index contributed by atoms with van der Waals surface area (Å²) in [6.07, 6.45) is 0. The Balaban J connectivity index is 2.24. The lowest BCUT2D eigenvalue weighted by Gasteiger charge is -2.15. The van der Waals surface area contributed by atoms with Gasteiger partial charge in [-0.25, -0.2) is 0 Å². The van der Waals surface area contributed by atoms with Crippen LogP contribution in [0.2, 0.25) is 5.02 Å². The van der Waals surface area contributed by atoms with Crippen molar-refractivity contribution < 1.29 is 0 Å². The number of fused-ring (bicyclic) bond motifs is 1. The van der Waals surface area contributed by atoms with Gasteiger partial charge in [0.2, 0.25) is 0 Å². The third kappa shape index (κ3) is 2.33. The van der Waals surface area contributed by atoms with Crippen LogP contribution in [0.3, 0.4) is 0 Å². The summed E-state index contributed by atoms with van der Waals surface area (Å²) in [5.74, 6) is 0. The summed E-state index contributed by atoms with van der Waals surface area (Å²) in [5.41, 5.74) is 2.59. The first kappa shape index (κ1) is 13.2. The maximum absolute atomic E-state index is 6.27. The molecule has 0 saturated heterocycles. The Bertz CT molecular complexity index is 732. The Kier molecular flexibility index (Phi) is 3.66. The molecule has 1 heterocycles. The number of aryl methyl sites for hydroxylation is 1. The van der Waals surface area contributed by atoms with Gasteiger partial charge in [0.15, 0.2) is 0 Å². The Morgan fingerprint density at radius 3 is 2.63 bits per heavy atom. The molecule has 3 heteroatoms. The number of hydrogen-bond acceptors (Lipinski definition) is 1. The van der Waals surface area contributed by atoms with Gasteiger partial charge in [0, 0.05) is 4.88 Å². The fraction of sp³-hybridized carbons (Fsp3) is 0.125. The van der Waals surface area contributed by atoms with E-state index in [-0.39, 0.29) is 4.83 Å². The van der Waals surface area contributed by atoms with E-state index in [1.54, 1.807) is 11.3 Å². The van der Waals surface area contributed by atoms with E-state index < -0.39 is 0 Å². The van der Waals surface area contributed by atoms with Crippen LogP contribution in [0.5, 0.6) is 0 Å². The molecule has 19 heavy (non-hydrogen) atoms. The van der Waals surface area contributed by atoms with Crippen LogP contribution in [0, 0.1) is 6.92 Å². The lowest BCUT2D eigenvalue weighted by molar-refractivity contribution is 1.20. The van der Waals surface area contributed by atoms with Crippen molar-refractivity contribution in [3.8, 4) is 0 Å². The molecule has 0 aliphatic rings. The van der Waals surface area contributed by atoms with Crippen molar-refractivity contribution in [3.63, 3.8) is 0 Å². The molecule has 0 radical (unpaired) electrons. The van der Waals surface area contributed by atoms with Crippen molar-refractivity contribution >= 4 is 49.6 Å². The van der Waals surface area contributed by atoms with E-state index in [1.807, 2.05) is 11.4 Å². The summed E-state index contributed by atoms with van der Waals surface area (Å²) in [5, 5.41) is 5.42. The van der Waals surface area contributed by atoms with Gasteiger partial charge in [0.25, 0.3) is 0 Å². The summed E-state index contributed by atoms with van der Waals surface area (Å²) < 4.78 is 0. The fourth-order valence-electron chi connectivity index (χ4n) is 2.36. The van der Waals surface area contributed by atoms with Crippen molar-refractivity contribution in [2.45, 2.75) is 11.8 Å². The van der Waals surface area contributed by atoms with Gasteiger partial charge in [-0.15, -0.1) is 11.3 Å². The molecule has 2 aromatic carbocycles. The van der Waals surface area contributed by atoms with Gasteiger partial charge < -0.3 is 0 Å². The Labute approximate surface area is 130 Å². The summed E-state index contributed by atoms with van der Waals surface area (Å²) in [7, 11) is 0. The minimum absolute atomic E-state index is 0.145. The molecule has 0 bridgehead atoms.